The van der Waals surface area contributed by atoms with E-state index in [2.05, 4.69) is 15.0 Å². The molecule has 1 N–H and O–H groups in total. The van der Waals surface area contributed by atoms with Crippen LogP contribution in [0.2, 0.25) is 0 Å². The average molecular weight is 397 g/mol. The molecule has 148 valence electrons. The van der Waals surface area contributed by atoms with Crippen LogP contribution in [0, 0.1) is 0 Å². The van der Waals surface area contributed by atoms with E-state index in [0.29, 0.717) is 6.42 Å². The highest BCUT2D eigenvalue weighted by molar-refractivity contribution is 7.88. The summed E-state index contributed by atoms with van der Waals surface area (Å²) in [6.45, 7) is 2.27. The predicted octanol–water partition coefficient (Wildman–Crippen LogP) is 1.81. The lowest BCUT2D eigenvalue weighted by Gasteiger charge is -2.23. The molecule has 0 saturated carbocycles. The minimum Gasteiger partial charge on any atom is -0.467 e. The Bertz CT molecular complexity index is 708. The van der Waals surface area contributed by atoms with Crippen LogP contribution in [-0.4, -0.2) is 61.8 Å². The van der Waals surface area contributed by atoms with Gasteiger partial charge in [-0.3, -0.25) is 4.79 Å². The quantitative estimate of drug-likeness (QED) is 0.642. The molecule has 1 heterocycles. The maximum absolute atomic E-state index is 12.3. The second kappa shape index (κ2) is 9.17. The van der Waals surface area contributed by atoms with Gasteiger partial charge in [-0.15, -0.1) is 0 Å². The van der Waals surface area contributed by atoms with Crippen LogP contribution in [0.4, 0.5) is 13.2 Å². The lowest BCUT2D eigenvalue weighted by Crippen LogP contribution is -2.38. The van der Waals surface area contributed by atoms with Crippen LogP contribution in [0.5, 0.6) is 5.88 Å². The molecule has 11 heteroatoms. The van der Waals surface area contributed by atoms with Crippen molar-refractivity contribution < 1.29 is 31.1 Å². The molecule has 1 aromatic rings. The molecule has 1 amide bonds. The number of halogens is 3. The first-order valence-electron chi connectivity index (χ1n) is 7.81. The number of ether oxygens (including phenoxy) is 1. The van der Waals surface area contributed by atoms with Gasteiger partial charge in [0.1, 0.15) is 5.56 Å². The van der Waals surface area contributed by atoms with E-state index in [-0.39, 0.29) is 24.7 Å². The summed E-state index contributed by atoms with van der Waals surface area (Å²) in [4.78, 5) is 15.8. The molecule has 0 atom stereocenters. The molecule has 0 aromatic carbocycles. The predicted molar refractivity (Wildman–Crippen MR) is 89.4 cm³/mol. The minimum absolute atomic E-state index is 0.124. The first-order valence-corrected chi connectivity index (χ1v) is 9.66. The molecule has 0 aliphatic carbocycles. The highest BCUT2D eigenvalue weighted by atomic mass is 32.2. The molecule has 0 radical (unpaired) electrons. The second-order valence-electron chi connectivity index (χ2n) is 5.84. The number of sulfonamides is 1. The van der Waals surface area contributed by atoms with Crippen LogP contribution in [0.25, 0.3) is 0 Å². The molecule has 7 nitrogen and oxygen atoms in total. The zero-order valence-electron chi connectivity index (χ0n) is 14.7. The average Bonchev–Trinajstić information content (AvgIpc) is 2.50. The lowest BCUT2D eigenvalue weighted by molar-refractivity contribution is -0.154. The van der Waals surface area contributed by atoms with Crippen molar-refractivity contribution in [3.63, 3.8) is 0 Å². The van der Waals surface area contributed by atoms with Gasteiger partial charge in [0.2, 0.25) is 15.9 Å². The van der Waals surface area contributed by atoms with E-state index in [1.165, 1.54) is 22.6 Å². The lowest BCUT2D eigenvalue weighted by atomic mass is 10.2. The standard InChI is InChI=1S/C15H22F3N3O4S/c1-11(2)21(26(3,23)24)9-5-8-19-13(22)12-6-4-7-20-14(12)25-10-15(16,17)18/h4,6-7,11H,5,8-10H2,1-3H3,(H,19,22). The number of carbonyl (C=O) groups excluding carboxylic acids is 1. The number of alkyl halides is 3. The number of hydrogen-bond donors (Lipinski definition) is 1. The fourth-order valence-corrected chi connectivity index (χ4v) is 3.39. The molecule has 1 aromatic heterocycles. The number of hydrogen-bond acceptors (Lipinski definition) is 5. The summed E-state index contributed by atoms with van der Waals surface area (Å²) >= 11 is 0. The number of nitrogens with one attached hydrogen (secondary N) is 1. The molecule has 1 rings (SSSR count). The van der Waals surface area contributed by atoms with Gasteiger partial charge in [0, 0.05) is 25.3 Å². The van der Waals surface area contributed by atoms with Crippen molar-refractivity contribution in [2.45, 2.75) is 32.5 Å². The summed E-state index contributed by atoms with van der Waals surface area (Å²) < 4.78 is 65.9. The van der Waals surface area contributed by atoms with Gasteiger partial charge in [-0.2, -0.15) is 17.5 Å². The van der Waals surface area contributed by atoms with Crippen molar-refractivity contribution in [3.05, 3.63) is 23.9 Å². The zero-order valence-corrected chi connectivity index (χ0v) is 15.5. The molecule has 0 saturated heterocycles. The zero-order chi connectivity index (χ0) is 20.0. The number of rotatable bonds is 9. The fraction of sp³-hybridized carbons (Fsp3) is 0.600. The summed E-state index contributed by atoms with van der Waals surface area (Å²) in [6, 6.07) is 2.48. The minimum atomic E-state index is -4.54. The Kier molecular flexibility index (Phi) is 7.82. The first-order chi connectivity index (χ1) is 11.9. The number of aromatic nitrogens is 1. The highest BCUT2D eigenvalue weighted by Crippen LogP contribution is 2.19. The SMILES string of the molecule is CC(C)N(CCCNC(=O)c1cccnc1OCC(F)(F)F)S(C)(=O)=O. The van der Waals surface area contributed by atoms with Gasteiger partial charge in [0.25, 0.3) is 5.91 Å². The Morgan fingerprint density at radius 3 is 2.58 bits per heavy atom. The van der Waals surface area contributed by atoms with Gasteiger partial charge in [-0.05, 0) is 32.4 Å². The normalized spacial score (nSPS) is 12.5. The Hall–Kier alpha value is -1.88. The number of carbonyl (C=O) groups is 1. The summed E-state index contributed by atoms with van der Waals surface area (Å²) in [5.74, 6) is -1.06. The molecule has 0 bridgehead atoms. The van der Waals surface area contributed by atoms with E-state index in [9.17, 15) is 26.4 Å². The van der Waals surface area contributed by atoms with Crippen LogP contribution < -0.4 is 10.1 Å². The van der Waals surface area contributed by atoms with Gasteiger partial charge in [-0.1, -0.05) is 0 Å². The number of nitrogens with zero attached hydrogens (tertiary/aromatic N) is 2. The maximum Gasteiger partial charge on any atom is 0.422 e. The van der Waals surface area contributed by atoms with E-state index >= 15 is 0 Å². The van der Waals surface area contributed by atoms with Crippen molar-refractivity contribution >= 4 is 15.9 Å². The van der Waals surface area contributed by atoms with Gasteiger partial charge in [0.15, 0.2) is 6.61 Å². The molecule has 0 spiro atoms. The summed E-state index contributed by atoms with van der Waals surface area (Å²) in [6.07, 6.45) is -1.88. The van der Waals surface area contributed by atoms with Crippen molar-refractivity contribution in [2.75, 3.05) is 26.0 Å². The van der Waals surface area contributed by atoms with Gasteiger partial charge >= 0.3 is 6.18 Å². The summed E-state index contributed by atoms with van der Waals surface area (Å²) in [5.41, 5.74) is -0.124. The summed E-state index contributed by atoms with van der Waals surface area (Å²) in [5, 5.41) is 2.52. The Morgan fingerprint density at radius 2 is 2.04 bits per heavy atom. The number of amides is 1. The first kappa shape index (κ1) is 22.2. The van der Waals surface area contributed by atoms with E-state index in [0.717, 1.165) is 6.26 Å². The molecule has 0 aliphatic rings. The smallest absolute Gasteiger partial charge is 0.422 e. The van der Waals surface area contributed by atoms with E-state index in [1.807, 2.05) is 0 Å². The van der Waals surface area contributed by atoms with Crippen LogP contribution in [0.3, 0.4) is 0 Å². The third kappa shape index (κ3) is 7.56. The molecular formula is C15H22F3N3O4S. The number of pyridine rings is 1. The fourth-order valence-electron chi connectivity index (χ4n) is 2.17. The molecule has 0 aliphatic heterocycles. The Morgan fingerprint density at radius 1 is 1.38 bits per heavy atom. The van der Waals surface area contributed by atoms with Gasteiger partial charge < -0.3 is 10.1 Å². The Labute approximate surface area is 150 Å². The highest BCUT2D eigenvalue weighted by Gasteiger charge is 2.29. The molecule has 0 unspecified atom stereocenters. The Balaban J connectivity index is 2.61. The third-order valence-corrected chi connectivity index (χ3v) is 4.69. The third-order valence-electron chi connectivity index (χ3n) is 3.23. The molecule has 26 heavy (non-hydrogen) atoms. The van der Waals surface area contributed by atoms with Crippen molar-refractivity contribution in [2.24, 2.45) is 0 Å². The summed E-state index contributed by atoms with van der Waals surface area (Å²) in [7, 11) is -3.36. The van der Waals surface area contributed by atoms with Crippen LogP contribution >= 0.6 is 0 Å². The topological polar surface area (TPSA) is 88.6 Å². The monoisotopic (exact) mass is 397 g/mol. The van der Waals surface area contributed by atoms with Crippen molar-refractivity contribution in [3.8, 4) is 5.88 Å². The van der Waals surface area contributed by atoms with Gasteiger partial charge in [0.05, 0.1) is 6.26 Å². The maximum atomic E-state index is 12.3. The van der Waals surface area contributed by atoms with Crippen LogP contribution in [0.15, 0.2) is 18.3 Å². The van der Waals surface area contributed by atoms with Crippen LogP contribution in [-0.2, 0) is 10.0 Å². The molecular weight excluding hydrogens is 375 g/mol. The van der Waals surface area contributed by atoms with E-state index < -0.39 is 34.6 Å². The van der Waals surface area contributed by atoms with Crippen LogP contribution in [0.1, 0.15) is 30.6 Å². The van der Waals surface area contributed by atoms with E-state index in [4.69, 9.17) is 0 Å². The van der Waals surface area contributed by atoms with Crippen molar-refractivity contribution in [1.29, 1.82) is 0 Å². The van der Waals surface area contributed by atoms with Gasteiger partial charge in [-0.25, -0.2) is 13.4 Å². The van der Waals surface area contributed by atoms with Crippen molar-refractivity contribution in [1.82, 2.24) is 14.6 Å². The molecule has 0 fully saturated rings. The van der Waals surface area contributed by atoms with E-state index in [1.54, 1.807) is 13.8 Å². The largest absolute Gasteiger partial charge is 0.467 e. The second-order valence-corrected chi connectivity index (χ2v) is 7.77.